The van der Waals surface area contributed by atoms with E-state index in [0.29, 0.717) is 15.8 Å². The van der Waals surface area contributed by atoms with Crippen LogP contribution in [-0.2, 0) is 0 Å². The molecule has 7 heteroatoms. The average Bonchev–Trinajstić information content (AvgIpc) is 2.99. The maximum absolute atomic E-state index is 11.9. The van der Waals surface area contributed by atoms with Crippen molar-refractivity contribution in [2.75, 3.05) is 19.4 Å². The highest BCUT2D eigenvalue weighted by Gasteiger charge is 2.16. The van der Waals surface area contributed by atoms with E-state index >= 15 is 0 Å². The number of carbonyl (C=O) groups is 1. The molecular formula is C16H15ClN4OS. The van der Waals surface area contributed by atoms with E-state index in [1.807, 2.05) is 31.2 Å². The van der Waals surface area contributed by atoms with Gasteiger partial charge in [0.1, 0.15) is 4.83 Å². The predicted molar refractivity (Wildman–Crippen MR) is 95.5 cm³/mol. The lowest BCUT2D eigenvalue weighted by atomic mass is 10.1. The van der Waals surface area contributed by atoms with Crippen molar-refractivity contribution in [2.45, 2.75) is 6.92 Å². The molecule has 0 saturated heterocycles. The van der Waals surface area contributed by atoms with Crippen molar-refractivity contribution in [1.82, 2.24) is 15.3 Å². The fourth-order valence-electron chi connectivity index (χ4n) is 2.28. The number of carbonyl (C=O) groups excluding carboxylic acids is 1. The van der Waals surface area contributed by atoms with Crippen molar-refractivity contribution in [3.05, 3.63) is 39.7 Å². The first kappa shape index (κ1) is 15.7. The Bertz CT molecular complexity index is 906. The lowest BCUT2D eigenvalue weighted by Crippen LogP contribution is -2.15. The lowest BCUT2D eigenvalue weighted by Gasteiger charge is -2.07. The number of anilines is 1. The van der Waals surface area contributed by atoms with E-state index in [0.717, 1.165) is 27.0 Å². The van der Waals surface area contributed by atoms with Crippen LogP contribution in [0, 0.1) is 6.92 Å². The summed E-state index contributed by atoms with van der Waals surface area (Å²) in [5.41, 5.74) is 2.70. The highest BCUT2D eigenvalue weighted by atomic mass is 35.5. The van der Waals surface area contributed by atoms with Crippen LogP contribution in [0.25, 0.3) is 21.5 Å². The van der Waals surface area contributed by atoms with Crippen LogP contribution >= 0.6 is 22.9 Å². The highest BCUT2D eigenvalue weighted by molar-refractivity contribution is 7.20. The van der Waals surface area contributed by atoms with Crippen molar-refractivity contribution in [3.63, 3.8) is 0 Å². The Hall–Kier alpha value is -2.18. The summed E-state index contributed by atoms with van der Waals surface area (Å²) in [7, 11) is 3.38. The van der Waals surface area contributed by atoms with Gasteiger partial charge in [0.25, 0.3) is 5.91 Å². The Morgan fingerprint density at radius 2 is 2.00 bits per heavy atom. The third-order valence-corrected chi connectivity index (χ3v) is 4.95. The van der Waals surface area contributed by atoms with Crippen molar-refractivity contribution < 1.29 is 4.79 Å². The molecule has 0 atom stereocenters. The van der Waals surface area contributed by atoms with Gasteiger partial charge in [-0.3, -0.25) is 4.79 Å². The Morgan fingerprint density at radius 3 is 2.65 bits per heavy atom. The second kappa shape index (κ2) is 6.14. The van der Waals surface area contributed by atoms with Gasteiger partial charge in [0.05, 0.1) is 10.6 Å². The molecule has 0 aliphatic carbocycles. The number of halogens is 1. The summed E-state index contributed by atoms with van der Waals surface area (Å²) in [5, 5.41) is 7.17. The minimum absolute atomic E-state index is 0.128. The number of rotatable bonds is 3. The first-order chi connectivity index (χ1) is 11.0. The topological polar surface area (TPSA) is 66.9 Å². The fourth-order valence-corrected chi connectivity index (χ4v) is 3.38. The molecule has 0 aliphatic rings. The molecule has 0 spiro atoms. The van der Waals surface area contributed by atoms with Crippen LogP contribution in [0.2, 0.25) is 5.02 Å². The number of hydrogen-bond acceptors (Lipinski definition) is 5. The summed E-state index contributed by atoms with van der Waals surface area (Å²) in [5.74, 6) is 0.391. The minimum atomic E-state index is -0.128. The van der Waals surface area contributed by atoms with Gasteiger partial charge in [-0.25, -0.2) is 9.97 Å². The summed E-state index contributed by atoms with van der Waals surface area (Å²) in [4.78, 5) is 22.3. The molecular weight excluding hydrogens is 332 g/mol. The Labute approximate surface area is 142 Å². The zero-order valence-electron chi connectivity index (χ0n) is 12.9. The number of fused-ring (bicyclic) bond motifs is 1. The molecule has 1 amide bonds. The molecule has 5 nitrogen and oxygen atoms in total. The van der Waals surface area contributed by atoms with Crippen LogP contribution in [0.1, 0.15) is 15.2 Å². The third-order valence-electron chi connectivity index (χ3n) is 3.50. The van der Waals surface area contributed by atoms with E-state index in [-0.39, 0.29) is 5.91 Å². The lowest BCUT2D eigenvalue weighted by molar-refractivity contribution is 0.0967. The maximum Gasteiger partial charge on any atom is 0.261 e. The molecule has 0 radical (unpaired) electrons. The number of benzene rings is 1. The van der Waals surface area contributed by atoms with E-state index < -0.39 is 0 Å². The van der Waals surface area contributed by atoms with Crippen molar-refractivity contribution >= 4 is 45.0 Å². The quantitative estimate of drug-likeness (QED) is 0.758. The van der Waals surface area contributed by atoms with E-state index in [9.17, 15) is 4.79 Å². The molecule has 3 aromatic rings. The van der Waals surface area contributed by atoms with E-state index in [1.165, 1.54) is 11.3 Å². The zero-order chi connectivity index (χ0) is 16.6. The predicted octanol–water partition coefficient (Wildman–Crippen LogP) is 3.72. The number of thiophene rings is 1. The monoisotopic (exact) mass is 346 g/mol. The Kier molecular flexibility index (Phi) is 4.19. The zero-order valence-corrected chi connectivity index (χ0v) is 14.5. The van der Waals surface area contributed by atoms with Crippen molar-refractivity contribution in [1.29, 1.82) is 0 Å². The van der Waals surface area contributed by atoms with E-state index in [4.69, 9.17) is 11.6 Å². The van der Waals surface area contributed by atoms with Crippen LogP contribution in [0.4, 0.5) is 5.95 Å². The molecule has 0 bridgehead atoms. The van der Waals surface area contributed by atoms with Gasteiger partial charge in [0, 0.05) is 30.1 Å². The number of aryl methyl sites for hydroxylation is 1. The molecule has 118 valence electrons. The van der Waals surface area contributed by atoms with Crippen molar-refractivity contribution in [2.24, 2.45) is 0 Å². The standard InChI is InChI=1S/C16H15ClN4OS/c1-8-6-9(4-5-11(8)17)13-10-7-12(14(22)18-2)23-15(10)21-16(19-3)20-13/h4-7H,1-3H3,(H,18,22)(H,19,20,21). The van der Waals surface area contributed by atoms with E-state index in [1.54, 1.807) is 14.1 Å². The number of aromatic nitrogens is 2. The van der Waals surface area contributed by atoms with Gasteiger partial charge in [0.2, 0.25) is 5.95 Å². The van der Waals surface area contributed by atoms with Gasteiger partial charge in [-0.1, -0.05) is 17.7 Å². The average molecular weight is 347 g/mol. The second-order valence-electron chi connectivity index (χ2n) is 5.02. The molecule has 1 aromatic carbocycles. The molecule has 3 rings (SSSR count). The molecule has 2 aromatic heterocycles. The van der Waals surface area contributed by atoms with Gasteiger partial charge in [0.15, 0.2) is 0 Å². The molecule has 0 unspecified atom stereocenters. The highest BCUT2D eigenvalue weighted by Crippen LogP contribution is 2.34. The number of hydrogen-bond donors (Lipinski definition) is 2. The number of nitrogens with one attached hydrogen (secondary N) is 2. The first-order valence-corrected chi connectivity index (χ1v) is 8.21. The smallest absolute Gasteiger partial charge is 0.261 e. The van der Waals surface area contributed by atoms with Crippen LogP contribution in [0.3, 0.4) is 0 Å². The normalized spacial score (nSPS) is 10.8. The summed E-state index contributed by atoms with van der Waals surface area (Å²) in [6.07, 6.45) is 0. The molecule has 2 heterocycles. The molecule has 2 N–H and O–H groups in total. The maximum atomic E-state index is 11.9. The molecule has 0 saturated carbocycles. The van der Waals surface area contributed by atoms with Crippen molar-refractivity contribution in [3.8, 4) is 11.3 Å². The summed E-state index contributed by atoms with van der Waals surface area (Å²) in [6.45, 7) is 1.95. The van der Waals surface area contributed by atoms with E-state index in [2.05, 4.69) is 20.6 Å². The molecule has 0 aliphatic heterocycles. The Balaban J connectivity index is 2.26. The number of amides is 1. The second-order valence-corrected chi connectivity index (χ2v) is 6.46. The fraction of sp³-hybridized carbons (Fsp3) is 0.188. The number of nitrogens with zero attached hydrogens (tertiary/aromatic N) is 2. The van der Waals surface area contributed by atoms with Crippen LogP contribution in [-0.4, -0.2) is 30.0 Å². The van der Waals surface area contributed by atoms with Crippen LogP contribution in [0.5, 0.6) is 0 Å². The molecule has 0 fully saturated rings. The van der Waals surface area contributed by atoms with Gasteiger partial charge >= 0.3 is 0 Å². The summed E-state index contributed by atoms with van der Waals surface area (Å²) in [6, 6.07) is 7.59. The summed E-state index contributed by atoms with van der Waals surface area (Å²) >= 11 is 7.46. The largest absolute Gasteiger partial charge is 0.357 e. The minimum Gasteiger partial charge on any atom is -0.357 e. The molecule has 23 heavy (non-hydrogen) atoms. The first-order valence-electron chi connectivity index (χ1n) is 7.01. The SMILES string of the molecule is CNC(=O)c1cc2c(-c3ccc(Cl)c(C)c3)nc(NC)nc2s1. The van der Waals surface area contributed by atoms with Gasteiger partial charge in [-0.2, -0.15) is 0 Å². The van der Waals surface area contributed by atoms with Crippen LogP contribution < -0.4 is 10.6 Å². The Morgan fingerprint density at radius 1 is 1.22 bits per heavy atom. The summed E-state index contributed by atoms with van der Waals surface area (Å²) < 4.78 is 0. The van der Waals surface area contributed by atoms with Crippen LogP contribution in [0.15, 0.2) is 24.3 Å². The van der Waals surface area contributed by atoms with Gasteiger partial charge in [-0.05, 0) is 30.7 Å². The van der Waals surface area contributed by atoms with Gasteiger partial charge < -0.3 is 10.6 Å². The third kappa shape index (κ3) is 2.87. The van der Waals surface area contributed by atoms with Gasteiger partial charge in [-0.15, -0.1) is 11.3 Å².